The van der Waals surface area contributed by atoms with Crippen LogP contribution in [0.3, 0.4) is 0 Å². The van der Waals surface area contributed by atoms with E-state index in [0.29, 0.717) is 0 Å². The Labute approximate surface area is 124 Å². The zero-order valence-electron chi connectivity index (χ0n) is 11.7. The number of hydrogen-bond donors (Lipinski definition) is 0. The molecule has 0 spiro atoms. The average Bonchev–Trinajstić information content (AvgIpc) is 2.57. The van der Waals surface area contributed by atoms with Gasteiger partial charge >= 0.3 is 0 Å². The van der Waals surface area contributed by atoms with Crippen LogP contribution in [0.4, 0.5) is 0 Å². The van der Waals surface area contributed by atoms with E-state index in [4.69, 9.17) is 9.47 Å². The van der Waals surface area contributed by atoms with E-state index in [0.717, 1.165) is 28.4 Å². The third-order valence-electron chi connectivity index (χ3n) is 3.20. The van der Waals surface area contributed by atoms with Crippen LogP contribution >= 0.6 is 0 Å². The first kappa shape index (κ1) is 13.3. The fourth-order valence-electron chi connectivity index (χ4n) is 2.13. The van der Waals surface area contributed by atoms with Gasteiger partial charge in [-0.15, -0.1) is 0 Å². The van der Waals surface area contributed by atoms with Crippen molar-refractivity contribution in [2.24, 2.45) is 0 Å². The van der Waals surface area contributed by atoms with Crippen LogP contribution < -0.4 is 9.47 Å². The minimum Gasteiger partial charge on any atom is -0.497 e. The summed E-state index contributed by atoms with van der Waals surface area (Å²) in [6.45, 7) is 0. The molecule has 1 radical (unpaired) electrons. The predicted molar refractivity (Wildman–Crippen MR) is 83.8 cm³/mol. The van der Waals surface area contributed by atoms with Crippen molar-refractivity contribution in [3.05, 3.63) is 78.9 Å². The Balaban J connectivity index is 1.92. The van der Waals surface area contributed by atoms with Crippen molar-refractivity contribution in [2.75, 3.05) is 7.11 Å². The quantitative estimate of drug-likeness (QED) is 0.670. The van der Waals surface area contributed by atoms with Crippen molar-refractivity contribution in [3.63, 3.8) is 0 Å². The molecule has 0 atom stereocenters. The van der Waals surface area contributed by atoms with Crippen molar-refractivity contribution < 1.29 is 9.47 Å². The Morgan fingerprint density at radius 3 is 2.24 bits per heavy atom. The minimum atomic E-state index is 0.771. The topological polar surface area (TPSA) is 18.5 Å². The van der Waals surface area contributed by atoms with Crippen molar-refractivity contribution in [2.45, 2.75) is 0 Å². The van der Waals surface area contributed by atoms with E-state index in [1.165, 1.54) is 0 Å². The second-order valence-corrected chi connectivity index (χ2v) is 4.57. The molecule has 0 N–H and O–H groups in total. The van der Waals surface area contributed by atoms with E-state index in [-0.39, 0.29) is 0 Å². The first-order valence-electron chi connectivity index (χ1n) is 6.74. The van der Waals surface area contributed by atoms with Crippen LogP contribution in [0.1, 0.15) is 0 Å². The number of rotatable bonds is 4. The molecular formula is C19H15O2. The van der Waals surface area contributed by atoms with Crippen LogP contribution in [-0.2, 0) is 0 Å². The lowest BCUT2D eigenvalue weighted by molar-refractivity contribution is 0.413. The zero-order chi connectivity index (χ0) is 14.5. The molecule has 0 aliphatic rings. The maximum Gasteiger partial charge on any atom is 0.135 e. The molecule has 21 heavy (non-hydrogen) atoms. The molecule has 0 aromatic heterocycles. The van der Waals surface area contributed by atoms with Gasteiger partial charge < -0.3 is 9.47 Å². The molecule has 0 saturated heterocycles. The van der Waals surface area contributed by atoms with Gasteiger partial charge in [0.05, 0.1) is 7.11 Å². The van der Waals surface area contributed by atoms with Gasteiger partial charge in [0.15, 0.2) is 0 Å². The summed E-state index contributed by atoms with van der Waals surface area (Å²) >= 11 is 0. The van der Waals surface area contributed by atoms with E-state index in [2.05, 4.69) is 18.2 Å². The molecule has 0 aliphatic heterocycles. The molecule has 0 fully saturated rings. The van der Waals surface area contributed by atoms with Crippen LogP contribution in [0, 0.1) is 6.07 Å². The molecule has 0 unspecified atom stereocenters. The summed E-state index contributed by atoms with van der Waals surface area (Å²) < 4.78 is 11.1. The summed E-state index contributed by atoms with van der Waals surface area (Å²) in [6.07, 6.45) is 0. The maximum atomic E-state index is 5.98. The highest BCUT2D eigenvalue weighted by atomic mass is 16.5. The number of benzene rings is 3. The predicted octanol–water partition coefficient (Wildman–Crippen LogP) is 4.95. The van der Waals surface area contributed by atoms with Gasteiger partial charge in [0.25, 0.3) is 0 Å². The molecule has 0 heterocycles. The lowest BCUT2D eigenvalue weighted by atomic mass is 10.1. The molecule has 3 rings (SSSR count). The normalized spacial score (nSPS) is 10.1. The molecule has 2 nitrogen and oxygen atoms in total. The number of ether oxygens (including phenoxy) is 2. The summed E-state index contributed by atoms with van der Waals surface area (Å²) in [5.41, 5.74) is 2.17. The third kappa shape index (κ3) is 3.06. The lowest BCUT2D eigenvalue weighted by Crippen LogP contribution is -1.89. The first-order chi connectivity index (χ1) is 10.4. The summed E-state index contributed by atoms with van der Waals surface area (Å²) in [5.74, 6) is 2.37. The minimum absolute atomic E-state index is 0.771. The molecular weight excluding hydrogens is 260 g/mol. The lowest BCUT2D eigenvalue weighted by Gasteiger charge is -2.11. The summed E-state index contributed by atoms with van der Waals surface area (Å²) in [4.78, 5) is 0. The standard InChI is InChI=1S/C19H15O2/c1-20-16-11-13-17(14-12-16)21-19-10-6-5-9-18(19)15-7-3-2-4-8-15/h2-5,7-14H,1H3. The second-order valence-electron chi connectivity index (χ2n) is 4.57. The van der Waals surface area contributed by atoms with Gasteiger partial charge in [0.2, 0.25) is 0 Å². The van der Waals surface area contributed by atoms with Crippen LogP contribution in [0.15, 0.2) is 72.8 Å². The van der Waals surface area contributed by atoms with Crippen LogP contribution in [0.2, 0.25) is 0 Å². The van der Waals surface area contributed by atoms with E-state index in [1.807, 2.05) is 60.7 Å². The Hall–Kier alpha value is -2.74. The van der Waals surface area contributed by atoms with Crippen molar-refractivity contribution in [1.29, 1.82) is 0 Å². The van der Waals surface area contributed by atoms with Crippen molar-refractivity contribution in [1.82, 2.24) is 0 Å². The molecule has 0 amide bonds. The molecule has 0 aliphatic carbocycles. The summed E-state index contributed by atoms with van der Waals surface area (Å²) in [5, 5.41) is 0. The smallest absolute Gasteiger partial charge is 0.135 e. The van der Waals surface area contributed by atoms with Crippen molar-refractivity contribution in [3.8, 4) is 28.4 Å². The average molecular weight is 275 g/mol. The van der Waals surface area contributed by atoms with Gasteiger partial charge in [-0.25, -0.2) is 0 Å². The van der Waals surface area contributed by atoms with Gasteiger partial charge in [-0.3, -0.25) is 0 Å². The Morgan fingerprint density at radius 1 is 0.810 bits per heavy atom. The highest BCUT2D eigenvalue weighted by molar-refractivity contribution is 5.70. The van der Waals surface area contributed by atoms with Crippen LogP contribution in [0.25, 0.3) is 11.1 Å². The van der Waals surface area contributed by atoms with E-state index < -0.39 is 0 Å². The van der Waals surface area contributed by atoms with Gasteiger partial charge in [0.1, 0.15) is 17.2 Å². The summed E-state index contributed by atoms with van der Waals surface area (Å²) in [6, 6.07) is 26.5. The number of methoxy groups -OCH3 is 1. The highest BCUT2D eigenvalue weighted by Gasteiger charge is 2.06. The Bertz CT molecular complexity index is 703. The Morgan fingerprint density at radius 2 is 1.52 bits per heavy atom. The largest absolute Gasteiger partial charge is 0.497 e. The molecule has 103 valence electrons. The van der Waals surface area contributed by atoms with Gasteiger partial charge in [-0.05, 0) is 42.0 Å². The van der Waals surface area contributed by atoms with Gasteiger partial charge in [0, 0.05) is 5.56 Å². The van der Waals surface area contributed by atoms with Gasteiger partial charge in [-0.2, -0.15) is 0 Å². The van der Waals surface area contributed by atoms with Gasteiger partial charge in [-0.1, -0.05) is 42.5 Å². The van der Waals surface area contributed by atoms with Crippen LogP contribution in [-0.4, -0.2) is 7.11 Å². The fraction of sp³-hybridized carbons (Fsp3) is 0.0526. The molecule has 0 bridgehead atoms. The molecule has 3 aromatic carbocycles. The van der Waals surface area contributed by atoms with E-state index in [9.17, 15) is 0 Å². The second kappa shape index (κ2) is 6.14. The third-order valence-corrected chi connectivity index (χ3v) is 3.20. The molecule has 0 saturated carbocycles. The molecule has 3 aromatic rings. The highest BCUT2D eigenvalue weighted by Crippen LogP contribution is 2.33. The zero-order valence-corrected chi connectivity index (χ0v) is 11.7. The summed E-state index contributed by atoms with van der Waals surface area (Å²) in [7, 11) is 1.65. The maximum absolute atomic E-state index is 5.98. The van der Waals surface area contributed by atoms with Crippen molar-refractivity contribution >= 4 is 0 Å². The molecule has 2 heteroatoms. The monoisotopic (exact) mass is 275 g/mol. The van der Waals surface area contributed by atoms with E-state index in [1.54, 1.807) is 7.11 Å². The number of hydrogen-bond acceptors (Lipinski definition) is 2. The first-order valence-corrected chi connectivity index (χ1v) is 6.74. The van der Waals surface area contributed by atoms with E-state index >= 15 is 0 Å². The SMILES string of the molecule is COc1ccc(Oc2c[c]ccc2-c2ccccc2)cc1. The van der Waals surface area contributed by atoms with Crippen LogP contribution in [0.5, 0.6) is 17.2 Å². The Kier molecular flexibility index (Phi) is 3.88. The fourth-order valence-corrected chi connectivity index (χ4v) is 2.13.